The summed E-state index contributed by atoms with van der Waals surface area (Å²) in [6, 6.07) is 0. The van der Waals surface area contributed by atoms with Crippen LogP contribution in [0.3, 0.4) is 0 Å². The Morgan fingerprint density at radius 3 is 2.55 bits per heavy atom. The van der Waals surface area contributed by atoms with Gasteiger partial charge in [0.1, 0.15) is 0 Å². The first-order valence-electron chi connectivity index (χ1n) is 7.98. The Morgan fingerprint density at radius 1 is 1.20 bits per heavy atom. The van der Waals surface area contributed by atoms with Crippen molar-refractivity contribution < 1.29 is 0 Å². The normalized spacial score (nSPS) is 11.5. The molecule has 0 bridgehead atoms. The number of nitrogens with one attached hydrogen (secondary N) is 1. The van der Waals surface area contributed by atoms with Gasteiger partial charge in [-0.05, 0) is 48.7 Å². The number of unbranched alkanes of at least 4 members (excludes halogenated alkanes) is 3. The van der Waals surface area contributed by atoms with Gasteiger partial charge < -0.3 is 5.32 Å². The van der Waals surface area contributed by atoms with E-state index in [2.05, 4.69) is 58.7 Å². The van der Waals surface area contributed by atoms with Crippen molar-refractivity contribution in [1.82, 2.24) is 15.1 Å². The molecule has 0 atom stereocenters. The molecule has 20 heavy (non-hydrogen) atoms. The maximum absolute atomic E-state index is 4.51. The Balaban J connectivity index is 2.15. The van der Waals surface area contributed by atoms with Gasteiger partial charge in [0.25, 0.3) is 0 Å². The topological polar surface area (TPSA) is 29.9 Å². The standard InChI is InChI=1S/C16H30BrN3/c1-5-20-15(16(17)14(4)19-20)12-18-11-9-7-6-8-10-13(2)3/h13,18H,5-12H2,1-4H3. The van der Waals surface area contributed by atoms with Gasteiger partial charge in [-0.25, -0.2) is 0 Å². The third-order valence-corrected chi connectivity index (χ3v) is 4.66. The van der Waals surface area contributed by atoms with Crippen LogP contribution in [0.15, 0.2) is 4.47 Å². The molecule has 0 aliphatic rings. The van der Waals surface area contributed by atoms with Crippen molar-refractivity contribution >= 4 is 15.9 Å². The summed E-state index contributed by atoms with van der Waals surface area (Å²) in [7, 11) is 0. The lowest BCUT2D eigenvalue weighted by molar-refractivity contribution is 0.508. The molecule has 1 N–H and O–H groups in total. The summed E-state index contributed by atoms with van der Waals surface area (Å²) < 4.78 is 3.23. The van der Waals surface area contributed by atoms with E-state index in [0.717, 1.165) is 35.7 Å². The molecule has 0 saturated heterocycles. The molecule has 0 amide bonds. The fourth-order valence-corrected chi connectivity index (χ4v) is 2.82. The molecular formula is C16H30BrN3. The van der Waals surface area contributed by atoms with E-state index in [9.17, 15) is 0 Å². The smallest absolute Gasteiger partial charge is 0.0739 e. The summed E-state index contributed by atoms with van der Waals surface area (Å²) in [5.41, 5.74) is 2.35. The first-order chi connectivity index (χ1) is 9.56. The van der Waals surface area contributed by atoms with Gasteiger partial charge in [-0.2, -0.15) is 5.10 Å². The average Bonchev–Trinajstić information content (AvgIpc) is 2.68. The van der Waals surface area contributed by atoms with Gasteiger partial charge in [-0.15, -0.1) is 0 Å². The van der Waals surface area contributed by atoms with Crippen LogP contribution in [0.4, 0.5) is 0 Å². The first-order valence-corrected chi connectivity index (χ1v) is 8.78. The molecule has 1 aromatic rings. The molecule has 4 heteroatoms. The number of aromatic nitrogens is 2. The highest BCUT2D eigenvalue weighted by Gasteiger charge is 2.10. The molecule has 1 heterocycles. The fraction of sp³-hybridized carbons (Fsp3) is 0.812. The molecule has 0 aliphatic carbocycles. The molecule has 116 valence electrons. The van der Waals surface area contributed by atoms with Crippen LogP contribution in [-0.4, -0.2) is 16.3 Å². The molecule has 0 aromatic carbocycles. The SMILES string of the molecule is CCn1nc(C)c(Br)c1CNCCCCCCC(C)C. The van der Waals surface area contributed by atoms with Gasteiger partial charge in [0, 0.05) is 13.1 Å². The maximum Gasteiger partial charge on any atom is 0.0739 e. The van der Waals surface area contributed by atoms with Gasteiger partial charge in [-0.3, -0.25) is 4.68 Å². The Labute approximate surface area is 132 Å². The molecule has 1 rings (SSSR count). The van der Waals surface area contributed by atoms with Crippen LogP contribution >= 0.6 is 15.9 Å². The van der Waals surface area contributed by atoms with Gasteiger partial charge in [0.15, 0.2) is 0 Å². The minimum atomic E-state index is 0.850. The highest BCUT2D eigenvalue weighted by molar-refractivity contribution is 9.10. The molecule has 0 fully saturated rings. The van der Waals surface area contributed by atoms with E-state index < -0.39 is 0 Å². The van der Waals surface area contributed by atoms with E-state index in [0.29, 0.717) is 0 Å². The van der Waals surface area contributed by atoms with E-state index in [4.69, 9.17) is 0 Å². The summed E-state index contributed by atoms with van der Waals surface area (Å²) in [5, 5.41) is 8.05. The van der Waals surface area contributed by atoms with Crippen molar-refractivity contribution in [3.63, 3.8) is 0 Å². The van der Waals surface area contributed by atoms with E-state index >= 15 is 0 Å². The quantitative estimate of drug-likeness (QED) is 0.625. The molecule has 3 nitrogen and oxygen atoms in total. The van der Waals surface area contributed by atoms with Gasteiger partial charge >= 0.3 is 0 Å². The first kappa shape index (κ1) is 17.7. The monoisotopic (exact) mass is 343 g/mol. The molecule has 0 spiro atoms. The number of halogens is 1. The van der Waals surface area contributed by atoms with Crippen molar-refractivity contribution in [3.05, 3.63) is 15.9 Å². The minimum absolute atomic E-state index is 0.850. The predicted octanol–water partition coefficient (Wildman–Crippen LogP) is 4.67. The summed E-state index contributed by atoms with van der Waals surface area (Å²) >= 11 is 3.64. The number of rotatable bonds is 10. The van der Waals surface area contributed by atoms with Crippen molar-refractivity contribution in [2.45, 2.75) is 72.9 Å². The van der Waals surface area contributed by atoms with Gasteiger partial charge in [0.2, 0.25) is 0 Å². The Hall–Kier alpha value is -0.350. The number of aryl methyl sites for hydroxylation is 2. The van der Waals surface area contributed by atoms with Gasteiger partial charge in [-0.1, -0.05) is 39.5 Å². The van der Waals surface area contributed by atoms with Crippen molar-refractivity contribution in [3.8, 4) is 0 Å². The van der Waals surface area contributed by atoms with E-state index in [1.807, 2.05) is 0 Å². The van der Waals surface area contributed by atoms with Crippen LogP contribution in [0.25, 0.3) is 0 Å². The van der Waals surface area contributed by atoms with E-state index in [1.54, 1.807) is 0 Å². The highest BCUT2D eigenvalue weighted by atomic mass is 79.9. The van der Waals surface area contributed by atoms with Crippen LogP contribution in [0, 0.1) is 12.8 Å². The van der Waals surface area contributed by atoms with Crippen LogP contribution in [-0.2, 0) is 13.1 Å². The summed E-state index contributed by atoms with van der Waals surface area (Å²) in [6.07, 6.45) is 6.73. The number of nitrogens with zero attached hydrogens (tertiary/aromatic N) is 2. The lowest BCUT2D eigenvalue weighted by Gasteiger charge is -2.08. The Kier molecular flexibility index (Phi) is 8.46. The van der Waals surface area contributed by atoms with E-state index in [1.165, 1.54) is 37.8 Å². The third kappa shape index (κ3) is 5.96. The van der Waals surface area contributed by atoms with Crippen molar-refractivity contribution in [2.24, 2.45) is 5.92 Å². The molecule has 0 unspecified atom stereocenters. The molecular weight excluding hydrogens is 314 g/mol. The van der Waals surface area contributed by atoms with E-state index in [-0.39, 0.29) is 0 Å². The zero-order chi connectivity index (χ0) is 15.0. The third-order valence-electron chi connectivity index (χ3n) is 3.63. The second-order valence-corrected chi connectivity index (χ2v) is 6.73. The highest BCUT2D eigenvalue weighted by Crippen LogP contribution is 2.20. The average molecular weight is 344 g/mol. The fourth-order valence-electron chi connectivity index (χ4n) is 2.40. The number of hydrogen-bond donors (Lipinski definition) is 1. The molecule has 0 saturated carbocycles. The van der Waals surface area contributed by atoms with Crippen LogP contribution in [0.2, 0.25) is 0 Å². The van der Waals surface area contributed by atoms with Gasteiger partial charge in [0.05, 0.1) is 15.9 Å². The lowest BCUT2D eigenvalue weighted by Crippen LogP contribution is -2.18. The molecule has 0 aliphatic heterocycles. The number of hydrogen-bond acceptors (Lipinski definition) is 2. The summed E-state index contributed by atoms with van der Waals surface area (Å²) in [5.74, 6) is 0.850. The molecule has 1 aromatic heterocycles. The lowest BCUT2D eigenvalue weighted by atomic mass is 10.0. The Bertz CT molecular complexity index is 385. The van der Waals surface area contributed by atoms with Crippen molar-refractivity contribution in [2.75, 3.05) is 6.54 Å². The zero-order valence-corrected chi connectivity index (χ0v) is 15.1. The van der Waals surface area contributed by atoms with Crippen LogP contribution < -0.4 is 5.32 Å². The van der Waals surface area contributed by atoms with Crippen LogP contribution in [0.1, 0.15) is 64.3 Å². The van der Waals surface area contributed by atoms with Crippen LogP contribution in [0.5, 0.6) is 0 Å². The largest absolute Gasteiger partial charge is 0.311 e. The Morgan fingerprint density at radius 2 is 1.90 bits per heavy atom. The predicted molar refractivity (Wildman–Crippen MR) is 90.0 cm³/mol. The zero-order valence-electron chi connectivity index (χ0n) is 13.5. The molecule has 0 radical (unpaired) electrons. The maximum atomic E-state index is 4.51. The second kappa shape index (κ2) is 9.56. The second-order valence-electron chi connectivity index (χ2n) is 5.94. The summed E-state index contributed by atoms with van der Waals surface area (Å²) in [4.78, 5) is 0. The summed E-state index contributed by atoms with van der Waals surface area (Å²) in [6.45, 7) is 11.7. The minimum Gasteiger partial charge on any atom is -0.311 e. The van der Waals surface area contributed by atoms with Crippen molar-refractivity contribution in [1.29, 1.82) is 0 Å².